The normalized spacial score (nSPS) is 30.3. The molecule has 1 saturated heterocycles. The van der Waals surface area contributed by atoms with Gasteiger partial charge in [-0.05, 0) is 55.5 Å². The SMILES string of the molecule is O[C@@H](CCN1CC[C@@H]2CC[C@@H](C2)C1)c1cccs1. The molecule has 1 aliphatic heterocycles. The molecule has 0 unspecified atom stereocenters. The zero-order valence-electron chi connectivity index (χ0n) is 10.9. The van der Waals surface area contributed by atoms with Crippen LogP contribution in [-0.2, 0) is 0 Å². The van der Waals surface area contributed by atoms with Gasteiger partial charge in [0.1, 0.15) is 0 Å². The third kappa shape index (κ3) is 2.95. The van der Waals surface area contributed by atoms with E-state index in [1.807, 2.05) is 17.5 Å². The Hall–Kier alpha value is -0.380. The Bertz CT molecular complexity index is 365. The number of fused-ring (bicyclic) bond motifs is 2. The number of aliphatic hydroxyl groups excluding tert-OH is 1. The van der Waals surface area contributed by atoms with Crippen LogP contribution in [0.3, 0.4) is 0 Å². The molecule has 2 aliphatic rings. The molecule has 2 bridgehead atoms. The summed E-state index contributed by atoms with van der Waals surface area (Å²) in [6, 6.07) is 4.06. The summed E-state index contributed by atoms with van der Waals surface area (Å²) in [5.41, 5.74) is 0. The Morgan fingerprint density at radius 3 is 3.06 bits per heavy atom. The second-order valence-corrected chi connectivity index (χ2v) is 6.93. The molecule has 100 valence electrons. The molecule has 3 atom stereocenters. The minimum Gasteiger partial charge on any atom is -0.388 e. The smallest absolute Gasteiger partial charge is 0.0894 e. The van der Waals surface area contributed by atoms with Crippen molar-refractivity contribution in [3.05, 3.63) is 22.4 Å². The average Bonchev–Trinajstić information content (AvgIpc) is 2.97. The molecule has 1 aromatic rings. The van der Waals surface area contributed by atoms with E-state index in [1.54, 1.807) is 11.3 Å². The van der Waals surface area contributed by atoms with Gasteiger partial charge in [-0.25, -0.2) is 0 Å². The number of likely N-dealkylation sites (tertiary alicyclic amines) is 1. The van der Waals surface area contributed by atoms with Crippen molar-refractivity contribution in [1.82, 2.24) is 4.90 Å². The number of hydrogen-bond acceptors (Lipinski definition) is 3. The largest absolute Gasteiger partial charge is 0.388 e. The van der Waals surface area contributed by atoms with Gasteiger partial charge in [0, 0.05) is 18.0 Å². The molecule has 1 aromatic heterocycles. The summed E-state index contributed by atoms with van der Waals surface area (Å²) in [7, 11) is 0. The van der Waals surface area contributed by atoms with Crippen molar-refractivity contribution in [2.24, 2.45) is 11.8 Å². The molecule has 2 nitrogen and oxygen atoms in total. The number of rotatable bonds is 4. The highest BCUT2D eigenvalue weighted by atomic mass is 32.1. The summed E-state index contributed by atoms with van der Waals surface area (Å²) in [5.74, 6) is 1.94. The summed E-state index contributed by atoms with van der Waals surface area (Å²) >= 11 is 1.67. The molecular formula is C15H23NOS. The van der Waals surface area contributed by atoms with E-state index in [1.165, 1.54) is 38.8 Å². The molecule has 0 radical (unpaired) electrons. The van der Waals surface area contributed by atoms with E-state index in [4.69, 9.17) is 0 Å². The lowest BCUT2D eigenvalue weighted by atomic mass is 10.0. The predicted molar refractivity (Wildman–Crippen MR) is 75.8 cm³/mol. The molecule has 18 heavy (non-hydrogen) atoms. The van der Waals surface area contributed by atoms with Crippen molar-refractivity contribution in [3.63, 3.8) is 0 Å². The lowest BCUT2D eigenvalue weighted by molar-refractivity contribution is 0.139. The molecule has 0 aromatic carbocycles. The Kier molecular flexibility index (Phi) is 4.02. The first kappa shape index (κ1) is 12.6. The van der Waals surface area contributed by atoms with Crippen molar-refractivity contribution in [1.29, 1.82) is 0 Å². The zero-order chi connectivity index (χ0) is 12.4. The monoisotopic (exact) mass is 265 g/mol. The van der Waals surface area contributed by atoms with E-state index >= 15 is 0 Å². The first-order valence-corrected chi connectivity index (χ1v) is 8.13. The van der Waals surface area contributed by atoms with E-state index in [0.29, 0.717) is 0 Å². The van der Waals surface area contributed by atoms with Gasteiger partial charge in [0.15, 0.2) is 0 Å². The number of hydrogen-bond donors (Lipinski definition) is 1. The van der Waals surface area contributed by atoms with Crippen LogP contribution in [0.2, 0.25) is 0 Å². The Balaban J connectivity index is 1.48. The second-order valence-electron chi connectivity index (χ2n) is 5.95. The predicted octanol–water partition coefficient (Wildman–Crippen LogP) is 3.29. The van der Waals surface area contributed by atoms with E-state index in [2.05, 4.69) is 4.90 Å². The molecule has 2 fully saturated rings. The van der Waals surface area contributed by atoms with Crippen LogP contribution >= 0.6 is 11.3 Å². The quantitative estimate of drug-likeness (QED) is 0.903. The highest BCUT2D eigenvalue weighted by Crippen LogP contribution is 2.36. The van der Waals surface area contributed by atoms with Crippen LogP contribution in [-0.4, -0.2) is 29.6 Å². The fourth-order valence-electron chi connectivity index (χ4n) is 3.56. The number of thiophene rings is 1. The van der Waals surface area contributed by atoms with E-state index in [-0.39, 0.29) is 6.10 Å². The van der Waals surface area contributed by atoms with Gasteiger partial charge in [0.25, 0.3) is 0 Å². The van der Waals surface area contributed by atoms with Gasteiger partial charge in [-0.2, -0.15) is 0 Å². The summed E-state index contributed by atoms with van der Waals surface area (Å²) in [6.07, 6.45) is 6.38. The van der Waals surface area contributed by atoms with Gasteiger partial charge in [-0.15, -0.1) is 11.3 Å². The van der Waals surface area contributed by atoms with Crippen molar-refractivity contribution in [3.8, 4) is 0 Å². The fourth-order valence-corrected chi connectivity index (χ4v) is 4.31. The molecule has 3 heteroatoms. The lowest BCUT2D eigenvalue weighted by Gasteiger charge is -2.25. The van der Waals surface area contributed by atoms with E-state index in [0.717, 1.165) is 29.7 Å². The standard InChI is InChI=1S/C15H23NOS/c17-14(15-2-1-9-18-15)6-8-16-7-5-12-3-4-13(10-12)11-16/h1-2,9,12-14,17H,3-8,10-11H2/t12-,13-,14-/m0/s1. The molecule has 0 amide bonds. The van der Waals surface area contributed by atoms with Gasteiger partial charge in [-0.1, -0.05) is 12.5 Å². The van der Waals surface area contributed by atoms with Crippen molar-refractivity contribution in [2.45, 2.75) is 38.2 Å². The van der Waals surface area contributed by atoms with Crippen LogP contribution in [0.25, 0.3) is 0 Å². The number of aliphatic hydroxyl groups is 1. The third-order valence-electron chi connectivity index (χ3n) is 4.61. The highest BCUT2D eigenvalue weighted by molar-refractivity contribution is 7.10. The van der Waals surface area contributed by atoms with Gasteiger partial charge in [0.2, 0.25) is 0 Å². The topological polar surface area (TPSA) is 23.5 Å². The molecular weight excluding hydrogens is 242 g/mol. The van der Waals surface area contributed by atoms with E-state index in [9.17, 15) is 5.11 Å². The fraction of sp³-hybridized carbons (Fsp3) is 0.733. The second kappa shape index (κ2) is 5.72. The maximum Gasteiger partial charge on any atom is 0.0894 e. The molecule has 1 N–H and O–H groups in total. The number of nitrogens with zero attached hydrogens (tertiary/aromatic N) is 1. The van der Waals surface area contributed by atoms with Crippen LogP contribution in [0.4, 0.5) is 0 Å². The molecule has 1 saturated carbocycles. The Morgan fingerprint density at radius 2 is 2.22 bits per heavy atom. The van der Waals surface area contributed by atoms with E-state index < -0.39 is 0 Å². The summed E-state index contributed by atoms with van der Waals surface area (Å²) in [5, 5.41) is 12.2. The van der Waals surface area contributed by atoms with Crippen LogP contribution in [0.15, 0.2) is 17.5 Å². The highest BCUT2D eigenvalue weighted by Gasteiger charge is 2.29. The molecule has 1 aliphatic carbocycles. The molecule has 0 spiro atoms. The maximum atomic E-state index is 10.1. The Labute approximate surface area is 114 Å². The minimum atomic E-state index is -0.259. The zero-order valence-corrected chi connectivity index (χ0v) is 11.7. The van der Waals surface area contributed by atoms with Crippen molar-refractivity contribution >= 4 is 11.3 Å². The van der Waals surface area contributed by atoms with Gasteiger partial charge < -0.3 is 10.0 Å². The summed E-state index contributed by atoms with van der Waals surface area (Å²) in [4.78, 5) is 3.70. The summed E-state index contributed by atoms with van der Waals surface area (Å²) < 4.78 is 0. The average molecular weight is 265 g/mol. The van der Waals surface area contributed by atoms with Crippen LogP contribution in [0.5, 0.6) is 0 Å². The maximum absolute atomic E-state index is 10.1. The Morgan fingerprint density at radius 1 is 1.33 bits per heavy atom. The van der Waals surface area contributed by atoms with Gasteiger partial charge in [0.05, 0.1) is 6.10 Å². The van der Waals surface area contributed by atoms with Gasteiger partial charge >= 0.3 is 0 Å². The van der Waals surface area contributed by atoms with Crippen LogP contribution < -0.4 is 0 Å². The summed E-state index contributed by atoms with van der Waals surface area (Å²) in [6.45, 7) is 3.58. The van der Waals surface area contributed by atoms with Crippen LogP contribution in [0.1, 0.15) is 43.1 Å². The van der Waals surface area contributed by atoms with Gasteiger partial charge in [-0.3, -0.25) is 0 Å². The molecule has 2 heterocycles. The van der Waals surface area contributed by atoms with Crippen molar-refractivity contribution in [2.75, 3.05) is 19.6 Å². The molecule has 3 rings (SSSR count). The minimum absolute atomic E-state index is 0.259. The third-order valence-corrected chi connectivity index (χ3v) is 5.58. The first-order chi connectivity index (χ1) is 8.81. The van der Waals surface area contributed by atoms with Crippen molar-refractivity contribution < 1.29 is 5.11 Å². The van der Waals surface area contributed by atoms with Crippen LogP contribution in [0, 0.1) is 11.8 Å². The lowest BCUT2D eigenvalue weighted by Crippen LogP contribution is -2.30. The first-order valence-electron chi connectivity index (χ1n) is 7.25.